The molecule has 1 heterocycles. The molecule has 0 aromatic carbocycles. The van der Waals surface area contributed by atoms with Gasteiger partial charge in [-0.1, -0.05) is 19.3 Å². The molecule has 1 unspecified atom stereocenters. The molecule has 3 nitrogen and oxygen atoms in total. The Labute approximate surface area is 107 Å². The molecule has 2 aliphatic rings. The molecule has 1 aliphatic heterocycles. The zero-order valence-electron chi connectivity index (χ0n) is 10.2. The van der Waals surface area contributed by atoms with Gasteiger partial charge in [0.1, 0.15) is 5.41 Å². The highest BCUT2D eigenvalue weighted by atomic mass is 32.2. The maximum Gasteiger partial charge on any atom is 0.240 e. The predicted octanol–water partition coefficient (Wildman–Crippen LogP) is 2.47. The number of thioether (sulfide) groups is 1. The lowest BCUT2D eigenvalue weighted by Crippen LogP contribution is -2.43. The molecule has 1 saturated heterocycles. The Morgan fingerprint density at radius 3 is 2.71 bits per heavy atom. The van der Waals surface area contributed by atoms with Crippen molar-refractivity contribution in [1.29, 1.82) is 5.26 Å². The molecule has 0 aromatic rings. The van der Waals surface area contributed by atoms with Crippen molar-refractivity contribution >= 4 is 17.7 Å². The van der Waals surface area contributed by atoms with Gasteiger partial charge in [0.25, 0.3) is 0 Å². The first-order chi connectivity index (χ1) is 8.27. The van der Waals surface area contributed by atoms with E-state index in [2.05, 4.69) is 11.4 Å². The zero-order chi connectivity index (χ0) is 12.1. The fourth-order valence-electron chi connectivity index (χ4n) is 2.73. The molecular weight excluding hydrogens is 232 g/mol. The largest absolute Gasteiger partial charge is 0.354 e. The summed E-state index contributed by atoms with van der Waals surface area (Å²) in [4.78, 5) is 12.2. The van der Waals surface area contributed by atoms with E-state index in [9.17, 15) is 10.1 Å². The van der Waals surface area contributed by atoms with Crippen LogP contribution in [0.15, 0.2) is 0 Å². The number of amides is 1. The highest BCUT2D eigenvalue weighted by molar-refractivity contribution is 8.00. The van der Waals surface area contributed by atoms with E-state index in [1.807, 2.05) is 11.8 Å². The molecule has 1 N–H and O–H groups in total. The summed E-state index contributed by atoms with van der Waals surface area (Å²) < 4.78 is 0. The van der Waals surface area contributed by atoms with E-state index in [1.54, 1.807) is 0 Å². The second-order valence-electron chi connectivity index (χ2n) is 5.10. The first-order valence-electron chi connectivity index (χ1n) is 6.58. The Morgan fingerprint density at radius 2 is 2.12 bits per heavy atom. The normalized spacial score (nSPS) is 27.4. The molecule has 1 amide bonds. The van der Waals surface area contributed by atoms with E-state index in [0.717, 1.165) is 38.6 Å². The van der Waals surface area contributed by atoms with Gasteiger partial charge in [-0.2, -0.15) is 17.0 Å². The number of hydrogen-bond donors (Lipinski definition) is 1. The third kappa shape index (κ3) is 2.95. The number of hydrogen-bond acceptors (Lipinski definition) is 3. The van der Waals surface area contributed by atoms with Gasteiger partial charge in [0.2, 0.25) is 5.91 Å². The van der Waals surface area contributed by atoms with Gasteiger partial charge in [-0.15, -0.1) is 0 Å². The molecule has 2 rings (SSSR count). The Bertz CT molecular complexity index is 312. The van der Waals surface area contributed by atoms with Crippen LogP contribution in [0.1, 0.15) is 44.9 Å². The molecule has 1 saturated carbocycles. The van der Waals surface area contributed by atoms with Crippen LogP contribution in [0, 0.1) is 16.7 Å². The van der Waals surface area contributed by atoms with Gasteiger partial charge < -0.3 is 5.32 Å². The number of nitrogens with zero attached hydrogens (tertiary/aromatic N) is 1. The maximum absolute atomic E-state index is 12.2. The summed E-state index contributed by atoms with van der Waals surface area (Å²) in [6.07, 6.45) is 7.13. The summed E-state index contributed by atoms with van der Waals surface area (Å²) >= 11 is 1.94. The summed E-state index contributed by atoms with van der Waals surface area (Å²) in [6, 6.07) is 2.27. The number of nitriles is 1. The van der Waals surface area contributed by atoms with Gasteiger partial charge in [0.05, 0.1) is 6.07 Å². The molecule has 1 atom stereocenters. The van der Waals surface area contributed by atoms with E-state index < -0.39 is 5.41 Å². The topological polar surface area (TPSA) is 52.9 Å². The van der Waals surface area contributed by atoms with Gasteiger partial charge >= 0.3 is 0 Å². The van der Waals surface area contributed by atoms with E-state index >= 15 is 0 Å². The number of rotatable bonds is 3. The van der Waals surface area contributed by atoms with Gasteiger partial charge in [-0.25, -0.2) is 0 Å². The van der Waals surface area contributed by atoms with Crippen molar-refractivity contribution in [3.63, 3.8) is 0 Å². The van der Waals surface area contributed by atoms with E-state index in [4.69, 9.17) is 0 Å². The minimum Gasteiger partial charge on any atom is -0.354 e. The highest BCUT2D eigenvalue weighted by Gasteiger charge is 2.39. The summed E-state index contributed by atoms with van der Waals surface area (Å²) in [6.45, 7) is 0.743. The Kier molecular flexibility index (Phi) is 4.33. The molecule has 2 fully saturated rings. The first-order valence-corrected chi connectivity index (χ1v) is 7.63. The standard InChI is InChI=1S/C13H20N2OS/c14-10-13(6-2-1-3-7-13)12(16)15-9-11-5-4-8-17-11/h11H,1-9H2,(H,15,16). The third-order valence-corrected chi connectivity index (χ3v) is 5.27. The summed E-state index contributed by atoms with van der Waals surface area (Å²) in [5.74, 6) is 1.19. The van der Waals surface area contributed by atoms with Crippen molar-refractivity contribution in [1.82, 2.24) is 5.32 Å². The average Bonchev–Trinajstić information content (AvgIpc) is 2.90. The van der Waals surface area contributed by atoms with Crippen LogP contribution in [-0.4, -0.2) is 23.5 Å². The molecule has 94 valence electrons. The molecule has 0 spiro atoms. The van der Waals surface area contributed by atoms with Gasteiger partial charge in [0, 0.05) is 11.8 Å². The van der Waals surface area contributed by atoms with Crippen molar-refractivity contribution in [2.24, 2.45) is 5.41 Å². The fraction of sp³-hybridized carbons (Fsp3) is 0.846. The highest BCUT2D eigenvalue weighted by Crippen LogP contribution is 2.36. The van der Waals surface area contributed by atoms with Crippen molar-refractivity contribution in [2.75, 3.05) is 12.3 Å². The van der Waals surface area contributed by atoms with Crippen molar-refractivity contribution in [3.8, 4) is 6.07 Å². The minimum absolute atomic E-state index is 0.0211. The molecule has 4 heteroatoms. The van der Waals surface area contributed by atoms with Crippen molar-refractivity contribution in [3.05, 3.63) is 0 Å². The average molecular weight is 252 g/mol. The van der Waals surface area contributed by atoms with Crippen LogP contribution in [0.25, 0.3) is 0 Å². The minimum atomic E-state index is -0.721. The van der Waals surface area contributed by atoms with Crippen LogP contribution < -0.4 is 5.32 Å². The summed E-state index contributed by atoms with van der Waals surface area (Å²) in [5, 5.41) is 12.9. The smallest absolute Gasteiger partial charge is 0.240 e. The van der Waals surface area contributed by atoms with Crippen molar-refractivity contribution in [2.45, 2.75) is 50.2 Å². The zero-order valence-corrected chi connectivity index (χ0v) is 11.0. The molecular formula is C13H20N2OS. The summed E-state index contributed by atoms with van der Waals surface area (Å²) in [7, 11) is 0. The molecule has 17 heavy (non-hydrogen) atoms. The second kappa shape index (κ2) is 5.77. The molecule has 0 bridgehead atoms. The van der Waals surface area contributed by atoms with E-state index in [-0.39, 0.29) is 5.91 Å². The van der Waals surface area contributed by atoms with Crippen LogP contribution in [0.4, 0.5) is 0 Å². The van der Waals surface area contributed by atoms with Gasteiger partial charge in [0.15, 0.2) is 0 Å². The summed E-state index contributed by atoms with van der Waals surface area (Å²) in [5.41, 5.74) is -0.721. The maximum atomic E-state index is 12.2. The van der Waals surface area contributed by atoms with Crippen LogP contribution in [0.5, 0.6) is 0 Å². The lowest BCUT2D eigenvalue weighted by Gasteiger charge is -2.29. The third-order valence-electron chi connectivity index (χ3n) is 3.87. The van der Waals surface area contributed by atoms with Crippen LogP contribution in [-0.2, 0) is 4.79 Å². The molecule has 0 radical (unpaired) electrons. The van der Waals surface area contributed by atoms with Crippen LogP contribution >= 0.6 is 11.8 Å². The number of carbonyl (C=O) groups is 1. The second-order valence-corrected chi connectivity index (χ2v) is 6.51. The number of carbonyl (C=O) groups excluding carboxylic acids is 1. The van der Waals surface area contributed by atoms with Crippen LogP contribution in [0.2, 0.25) is 0 Å². The monoisotopic (exact) mass is 252 g/mol. The first kappa shape index (κ1) is 12.8. The Hall–Kier alpha value is -0.690. The fourth-order valence-corrected chi connectivity index (χ4v) is 3.93. The van der Waals surface area contributed by atoms with Crippen molar-refractivity contribution < 1.29 is 4.79 Å². The van der Waals surface area contributed by atoms with E-state index in [0.29, 0.717) is 5.25 Å². The predicted molar refractivity (Wildman–Crippen MR) is 69.6 cm³/mol. The SMILES string of the molecule is N#CC1(C(=O)NCC2CCCS2)CCCCC1. The molecule has 0 aromatic heterocycles. The Balaban J connectivity index is 1.86. The quantitative estimate of drug-likeness (QED) is 0.839. The Morgan fingerprint density at radius 1 is 1.35 bits per heavy atom. The van der Waals surface area contributed by atoms with E-state index in [1.165, 1.54) is 18.6 Å². The lowest BCUT2D eigenvalue weighted by atomic mass is 9.74. The lowest BCUT2D eigenvalue weighted by molar-refractivity contribution is -0.129. The van der Waals surface area contributed by atoms with Gasteiger partial charge in [-0.3, -0.25) is 4.79 Å². The van der Waals surface area contributed by atoms with Crippen LogP contribution in [0.3, 0.4) is 0 Å². The molecule has 1 aliphatic carbocycles. The number of nitrogens with one attached hydrogen (secondary N) is 1. The van der Waals surface area contributed by atoms with Gasteiger partial charge in [-0.05, 0) is 31.4 Å².